The minimum atomic E-state index is -3.37. The van der Waals surface area contributed by atoms with Gasteiger partial charge >= 0.3 is 0 Å². The van der Waals surface area contributed by atoms with E-state index in [9.17, 15) is 8.42 Å². The topological polar surface area (TPSA) is 84.2 Å². The minimum absolute atomic E-state index is 0.232. The molecule has 1 unspecified atom stereocenters. The molecular formula is C7H19N3O2S. The van der Waals surface area contributed by atoms with Crippen molar-refractivity contribution >= 4 is 10.2 Å². The van der Waals surface area contributed by atoms with E-state index >= 15 is 0 Å². The summed E-state index contributed by atoms with van der Waals surface area (Å²) in [5.74, 6) is 0.296. The first-order chi connectivity index (χ1) is 5.87. The lowest BCUT2D eigenvalue weighted by Gasteiger charge is -2.13. The highest BCUT2D eigenvalue weighted by Gasteiger charge is 2.12. The Hall–Kier alpha value is -0.170. The molecule has 0 heterocycles. The second kappa shape index (κ2) is 5.54. The lowest BCUT2D eigenvalue weighted by Crippen LogP contribution is -2.45. The average Bonchev–Trinajstić information content (AvgIpc) is 2.00. The van der Waals surface area contributed by atoms with Crippen LogP contribution in [0.4, 0.5) is 0 Å². The van der Waals surface area contributed by atoms with Gasteiger partial charge in [-0.25, -0.2) is 4.72 Å². The maximum atomic E-state index is 11.2. The highest BCUT2D eigenvalue weighted by atomic mass is 32.2. The molecule has 0 radical (unpaired) electrons. The van der Waals surface area contributed by atoms with Gasteiger partial charge in [-0.05, 0) is 12.8 Å². The molecule has 0 aliphatic carbocycles. The van der Waals surface area contributed by atoms with Crippen LogP contribution in [0.3, 0.4) is 0 Å². The molecule has 0 fully saturated rings. The van der Waals surface area contributed by atoms with Crippen LogP contribution in [-0.2, 0) is 10.2 Å². The quantitative estimate of drug-likeness (QED) is 0.547. The summed E-state index contributed by atoms with van der Waals surface area (Å²) in [7, 11) is -3.37. The van der Waals surface area contributed by atoms with Gasteiger partial charge in [-0.1, -0.05) is 13.8 Å². The summed E-state index contributed by atoms with van der Waals surface area (Å²) in [4.78, 5) is 0. The Balaban J connectivity index is 3.95. The molecule has 0 aliphatic heterocycles. The van der Waals surface area contributed by atoms with Gasteiger partial charge in [0.15, 0.2) is 0 Å². The standard InChI is InChI=1S/C7H19N3O2S/c1-6(2)5-9-13(11,12)10-7(3)4-8/h6-7,9-10H,4-5,8H2,1-3H3. The van der Waals surface area contributed by atoms with Crippen LogP contribution in [0, 0.1) is 5.92 Å². The molecule has 0 saturated heterocycles. The van der Waals surface area contributed by atoms with Gasteiger partial charge < -0.3 is 5.73 Å². The van der Waals surface area contributed by atoms with Crippen LogP contribution >= 0.6 is 0 Å². The van der Waals surface area contributed by atoms with Gasteiger partial charge in [0.05, 0.1) is 0 Å². The first kappa shape index (κ1) is 12.8. The van der Waals surface area contributed by atoms with Gasteiger partial charge in [0, 0.05) is 19.1 Å². The molecule has 0 rings (SSSR count). The summed E-state index contributed by atoms with van der Waals surface area (Å²) in [6.07, 6.45) is 0. The number of rotatable bonds is 6. The van der Waals surface area contributed by atoms with Crippen molar-refractivity contribution in [3.8, 4) is 0 Å². The van der Waals surface area contributed by atoms with Crippen LogP contribution in [0.5, 0.6) is 0 Å². The molecule has 0 aromatic carbocycles. The highest BCUT2D eigenvalue weighted by Crippen LogP contribution is 1.90. The molecule has 0 amide bonds. The number of hydrogen-bond acceptors (Lipinski definition) is 3. The molecule has 13 heavy (non-hydrogen) atoms. The molecular weight excluding hydrogens is 190 g/mol. The van der Waals surface area contributed by atoms with Crippen molar-refractivity contribution in [2.75, 3.05) is 13.1 Å². The monoisotopic (exact) mass is 209 g/mol. The maximum absolute atomic E-state index is 11.2. The Morgan fingerprint density at radius 3 is 2.23 bits per heavy atom. The number of nitrogens with one attached hydrogen (secondary N) is 2. The molecule has 4 N–H and O–H groups in total. The van der Waals surface area contributed by atoms with Gasteiger partial charge in [0.1, 0.15) is 0 Å². The second-order valence-corrected chi connectivity index (χ2v) is 5.03. The lowest BCUT2D eigenvalue weighted by atomic mass is 10.2. The largest absolute Gasteiger partial charge is 0.329 e. The molecule has 0 saturated carbocycles. The Morgan fingerprint density at radius 2 is 1.85 bits per heavy atom. The predicted octanol–water partition coefficient (Wildman–Crippen LogP) is -0.586. The third-order valence-corrected chi connectivity index (χ3v) is 2.65. The zero-order valence-corrected chi connectivity index (χ0v) is 9.19. The SMILES string of the molecule is CC(C)CNS(=O)(=O)NC(C)CN. The zero-order valence-electron chi connectivity index (χ0n) is 8.37. The van der Waals surface area contributed by atoms with E-state index in [1.807, 2.05) is 13.8 Å². The van der Waals surface area contributed by atoms with Crippen LogP contribution in [0.15, 0.2) is 0 Å². The maximum Gasteiger partial charge on any atom is 0.277 e. The molecule has 0 spiro atoms. The van der Waals surface area contributed by atoms with Gasteiger partial charge in [-0.3, -0.25) is 0 Å². The van der Waals surface area contributed by atoms with E-state index in [1.165, 1.54) is 0 Å². The molecule has 0 aromatic rings. The smallest absolute Gasteiger partial charge is 0.277 e. The van der Waals surface area contributed by atoms with Gasteiger partial charge in [0.2, 0.25) is 0 Å². The number of hydrogen-bond donors (Lipinski definition) is 3. The summed E-state index contributed by atoms with van der Waals surface area (Å²) in [5.41, 5.74) is 5.28. The van der Waals surface area contributed by atoms with Crippen molar-refractivity contribution in [1.82, 2.24) is 9.44 Å². The van der Waals surface area contributed by atoms with Crippen molar-refractivity contribution in [3.05, 3.63) is 0 Å². The Kier molecular flexibility index (Phi) is 5.46. The molecule has 0 aliphatic rings. The molecule has 1 atom stereocenters. The Morgan fingerprint density at radius 1 is 1.31 bits per heavy atom. The third kappa shape index (κ3) is 6.94. The first-order valence-electron chi connectivity index (χ1n) is 4.34. The van der Waals surface area contributed by atoms with Crippen molar-refractivity contribution in [2.24, 2.45) is 11.7 Å². The lowest BCUT2D eigenvalue weighted by molar-refractivity contribution is 0.533. The van der Waals surface area contributed by atoms with Crippen molar-refractivity contribution in [3.63, 3.8) is 0 Å². The molecule has 6 heteroatoms. The summed E-state index contributed by atoms with van der Waals surface area (Å²) < 4.78 is 27.3. The van der Waals surface area contributed by atoms with Crippen LogP contribution in [-0.4, -0.2) is 27.5 Å². The predicted molar refractivity (Wildman–Crippen MR) is 53.4 cm³/mol. The van der Waals surface area contributed by atoms with Gasteiger partial charge in [0.25, 0.3) is 10.2 Å². The molecule has 80 valence electrons. The summed E-state index contributed by atoms with van der Waals surface area (Å²) in [6.45, 7) is 6.33. The van der Waals surface area contributed by atoms with E-state index in [4.69, 9.17) is 5.73 Å². The van der Waals surface area contributed by atoms with Crippen LogP contribution in [0.25, 0.3) is 0 Å². The van der Waals surface area contributed by atoms with Crippen molar-refractivity contribution < 1.29 is 8.42 Å². The first-order valence-corrected chi connectivity index (χ1v) is 5.82. The fourth-order valence-electron chi connectivity index (χ4n) is 0.631. The normalized spacial score (nSPS) is 14.8. The van der Waals surface area contributed by atoms with E-state index in [1.54, 1.807) is 6.92 Å². The van der Waals surface area contributed by atoms with Crippen LogP contribution < -0.4 is 15.2 Å². The highest BCUT2D eigenvalue weighted by molar-refractivity contribution is 7.87. The average molecular weight is 209 g/mol. The van der Waals surface area contributed by atoms with Crippen molar-refractivity contribution in [2.45, 2.75) is 26.8 Å². The van der Waals surface area contributed by atoms with Crippen LogP contribution in [0.2, 0.25) is 0 Å². The zero-order chi connectivity index (χ0) is 10.5. The third-order valence-electron chi connectivity index (χ3n) is 1.39. The molecule has 5 nitrogen and oxygen atoms in total. The Labute approximate surface area is 80.3 Å². The fourth-order valence-corrected chi connectivity index (χ4v) is 1.89. The van der Waals surface area contributed by atoms with E-state index < -0.39 is 10.2 Å². The summed E-state index contributed by atoms with van der Waals surface area (Å²) in [6, 6.07) is -0.232. The van der Waals surface area contributed by atoms with Crippen molar-refractivity contribution in [1.29, 1.82) is 0 Å². The minimum Gasteiger partial charge on any atom is -0.329 e. The van der Waals surface area contributed by atoms with E-state index in [2.05, 4.69) is 9.44 Å². The van der Waals surface area contributed by atoms with Gasteiger partial charge in [-0.15, -0.1) is 0 Å². The van der Waals surface area contributed by atoms with Gasteiger partial charge in [-0.2, -0.15) is 13.1 Å². The van der Waals surface area contributed by atoms with Crippen LogP contribution in [0.1, 0.15) is 20.8 Å². The number of nitrogens with two attached hydrogens (primary N) is 1. The second-order valence-electron chi connectivity index (χ2n) is 3.50. The molecule has 0 bridgehead atoms. The van der Waals surface area contributed by atoms with E-state index in [0.29, 0.717) is 19.0 Å². The molecule has 0 aromatic heterocycles. The summed E-state index contributed by atoms with van der Waals surface area (Å²) in [5, 5.41) is 0. The summed E-state index contributed by atoms with van der Waals surface area (Å²) >= 11 is 0. The fraction of sp³-hybridized carbons (Fsp3) is 1.00. The Bertz CT molecular complexity index is 226. The van der Waals surface area contributed by atoms with E-state index in [-0.39, 0.29) is 6.04 Å². The van der Waals surface area contributed by atoms with E-state index in [0.717, 1.165) is 0 Å².